The molecule has 0 N–H and O–H groups in total. The molecule has 0 unspecified atom stereocenters. The van der Waals surface area contributed by atoms with Gasteiger partial charge < -0.3 is 4.90 Å². The predicted octanol–water partition coefficient (Wildman–Crippen LogP) is 1.21. The molecule has 11 heavy (non-hydrogen) atoms. The van der Waals surface area contributed by atoms with Crippen molar-refractivity contribution in [1.29, 1.82) is 0 Å². The third-order valence-corrected chi connectivity index (χ3v) is 1.94. The lowest BCUT2D eigenvalue weighted by atomic mass is 10.2. The molecule has 1 heterocycles. The van der Waals surface area contributed by atoms with Crippen LogP contribution in [0, 0.1) is 5.92 Å². The molecule has 1 aliphatic rings. The van der Waals surface area contributed by atoms with Gasteiger partial charge in [0.1, 0.15) is 6.17 Å². The molecule has 1 saturated heterocycles. The van der Waals surface area contributed by atoms with Crippen LogP contribution in [0.4, 0.5) is 4.39 Å². The van der Waals surface area contributed by atoms with Gasteiger partial charge in [0.05, 0.1) is 6.54 Å². The van der Waals surface area contributed by atoms with Crippen LogP contribution in [0.3, 0.4) is 0 Å². The van der Waals surface area contributed by atoms with Crippen molar-refractivity contribution in [3.63, 3.8) is 0 Å². The second-order valence-electron chi connectivity index (χ2n) is 3.32. The highest BCUT2D eigenvalue weighted by Gasteiger charge is 2.26. The summed E-state index contributed by atoms with van der Waals surface area (Å²) in [6, 6.07) is 0. The van der Waals surface area contributed by atoms with Crippen LogP contribution in [0.2, 0.25) is 0 Å². The fourth-order valence-corrected chi connectivity index (χ4v) is 1.28. The first-order chi connectivity index (χ1) is 5.11. The number of hydrogen-bond donors (Lipinski definition) is 0. The van der Waals surface area contributed by atoms with Crippen molar-refractivity contribution in [3.05, 3.63) is 0 Å². The van der Waals surface area contributed by atoms with Gasteiger partial charge in [-0.2, -0.15) is 0 Å². The molecule has 1 aliphatic heterocycles. The lowest BCUT2D eigenvalue weighted by molar-refractivity contribution is -0.133. The summed E-state index contributed by atoms with van der Waals surface area (Å²) in [7, 11) is 0. The van der Waals surface area contributed by atoms with E-state index in [4.69, 9.17) is 0 Å². The zero-order valence-corrected chi connectivity index (χ0v) is 7.01. The molecule has 2 nitrogen and oxygen atoms in total. The topological polar surface area (TPSA) is 20.3 Å². The highest BCUT2D eigenvalue weighted by molar-refractivity contribution is 5.78. The smallest absolute Gasteiger partial charge is 0.225 e. The molecule has 0 aromatic carbocycles. The van der Waals surface area contributed by atoms with E-state index in [1.54, 1.807) is 4.90 Å². The maximum Gasteiger partial charge on any atom is 0.225 e. The molecule has 1 fully saturated rings. The van der Waals surface area contributed by atoms with Crippen LogP contribution in [0.25, 0.3) is 0 Å². The Hall–Kier alpha value is -0.600. The number of hydrogen-bond acceptors (Lipinski definition) is 1. The van der Waals surface area contributed by atoms with Crippen molar-refractivity contribution in [2.75, 3.05) is 13.1 Å². The third-order valence-electron chi connectivity index (χ3n) is 1.94. The molecule has 0 aromatic rings. The van der Waals surface area contributed by atoms with E-state index in [9.17, 15) is 9.18 Å². The molecule has 1 amide bonds. The summed E-state index contributed by atoms with van der Waals surface area (Å²) >= 11 is 0. The minimum Gasteiger partial charge on any atom is -0.339 e. The summed E-state index contributed by atoms with van der Waals surface area (Å²) in [5.74, 6) is 0.0745. The van der Waals surface area contributed by atoms with E-state index in [2.05, 4.69) is 0 Å². The molecule has 0 spiro atoms. The Labute approximate surface area is 66.4 Å². The quantitative estimate of drug-likeness (QED) is 0.563. The van der Waals surface area contributed by atoms with Crippen molar-refractivity contribution in [1.82, 2.24) is 4.90 Å². The van der Waals surface area contributed by atoms with Crippen molar-refractivity contribution >= 4 is 5.91 Å². The molecule has 1 atom stereocenters. The Morgan fingerprint density at radius 2 is 2.27 bits per heavy atom. The molecule has 3 heteroatoms. The number of halogens is 1. The number of likely N-dealkylation sites (tertiary alicyclic amines) is 1. The Morgan fingerprint density at radius 3 is 2.64 bits per heavy atom. The Balaban J connectivity index is 2.43. The fourth-order valence-electron chi connectivity index (χ4n) is 1.28. The van der Waals surface area contributed by atoms with Gasteiger partial charge in [-0.25, -0.2) is 4.39 Å². The fraction of sp³-hybridized carbons (Fsp3) is 0.875. The summed E-state index contributed by atoms with van der Waals surface area (Å²) in [5, 5.41) is 0. The van der Waals surface area contributed by atoms with E-state index in [-0.39, 0.29) is 11.8 Å². The van der Waals surface area contributed by atoms with Gasteiger partial charge in [0.2, 0.25) is 5.91 Å². The Kier molecular flexibility index (Phi) is 2.47. The van der Waals surface area contributed by atoms with Crippen LogP contribution < -0.4 is 0 Å². The van der Waals surface area contributed by atoms with Gasteiger partial charge in [-0.3, -0.25) is 4.79 Å². The van der Waals surface area contributed by atoms with E-state index >= 15 is 0 Å². The molecule has 64 valence electrons. The normalized spacial score (nSPS) is 24.7. The summed E-state index contributed by atoms with van der Waals surface area (Å²) in [6.45, 7) is 4.58. The van der Waals surface area contributed by atoms with Crippen molar-refractivity contribution in [3.8, 4) is 0 Å². The maximum absolute atomic E-state index is 12.6. The summed E-state index contributed by atoms with van der Waals surface area (Å²) in [6.07, 6.45) is -0.281. The van der Waals surface area contributed by atoms with E-state index in [1.165, 1.54) is 0 Å². The maximum atomic E-state index is 12.6. The van der Waals surface area contributed by atoms with Crippen LogP contribution in [-0.2, 0) is 4.79 Å². The van der Waals surface area contributed by atoms with Crippen LogP contribution in [0.1, 0.15) is 20.3 Å². The van der Waals surface area contributed by atoms with Crippen molar-refractivity contribution in [2.24, 2.45) is 5.92 Å². The molecular weight excluding hydrogens is 145 g/mol. The second kappa shape index (κ2) is 3.20. The molecule has 0 radical (unpaired) electrons. The number of amides is 1. The van der Waals surface area contributed by atoms with Crippen LogP contribution in [0.5, 0.6) is 0 Å². The first-order valence-corrected chi connectivity index (χ1v) is 4.04. The van der Waals surface area contributed by atoms with Gasteiger partial charge in [0.15, 0.2) is 0 Å². The van der Waals surface area contributed by atoms with Crippen molar-refractivity contribution < 1.29 is 9.18 Å². The van der Waals surface area contributed by atoms with Crippen LogP contribution in [-0.4, -0.2) is 30.1 Å². The van der Waals surface area contributed by atoms with Crippen LogP contribution >= 0.6 is 0 Å². The zero-order valence-electron chi connectivity index (χ0n) is 7.01. The average molecular weight is 159 g/mol. The Bertz CT molecular complexity index is 158. The van der Waals surface area contributed by atoms with Gasteiger partial charge in [-0.15, -0.1) is 0 Å². The molecule has 0 aliphatic carbocycles. The van der Waals surface area contributed by atoms with Gasteiger partial charge >= 0.3 is 0 Å². The largest absolute Gasteiger partial charge is 0.339 e. The standard InChI is InChI=1S/C8H14FNO/c1-6(2)8(11)10-4-3-7(9)5-10/h6-7H,3-5H2,1-2H3/t7-/m0/s1. The molecule has 0 bridgehead atoms. The van der Waals surface area contributed by atoms with Crippen molar-refractivity contribution in [2.45, 2.75) is 26.4 Å². The Morgan fingerprint density at radius 1 is 1.64 bits per heavy atom. The number of carbonyl (C=O) groups is 1. The first-order valence-electron chi connectivity index (χ1n) is 4.04. The van der Waals surface area contributed by atoms with Crippen LogP contribution in [0.15, 0.2) is 0 Å². The van der Waals surface area contributed by atoms with Gasteiger partial charge in [-0.1, -0.05) is 13.8 Å². The number of carbonyl (C=O) groups excluding carboxylic acids is 1. The van der Waals surface area contributed by atoms with Gasteiger partial charge in [0.25, 0.3) is 0 Å². The molecule has 0 aromatic heterocycles. The number of alkyl halides is 1. The highest BCUT2D eigenvalue weighted by atomic mass is 19.1. The minimum absolute atomic E-state index is 0.000278. The monoisotopic (exact) mass is 159 g/mol. The zero-order chi connectivity index (χ0) is 8.43. The van der Waals surface area contributed by atoms with Gasteiger partial charge in [0, 0.05) is 12.5 Å². The predicted molar refractivity (Wildman–Crippen MR) is 40.9 cm³/mol. The van der Waals surface area contributed by atoms with E-state index < -0.39 is 6.17 Å². The van der Waals surface area contributed by atoms with E-state index in [0.717, 1.165) is 0 Å². The second-order valence-corrected chi connectivity index (χ2v) is 3.32. The highest BCUT2D eigenvalue weighted by Crippen LogP contribution is 2.14. The summed E-state index contributed by atoms with van der Waals surface area (Å²) in [5.41, 5.74) is 0. The summed E-state index contributed by atoms with van der Waals surface area (Å²) in [4.78, 5) is 12.9. The number of rotatable bonds is 1. The van der Waals surface area contributed by atoms with E-state index in [0.29, 0.717) is 19.5 Å². The molecular formula is C8H14FNO. The first kappa shape index (κ1) is 8.50. The number of nitrogens with zero attached hydrogens (tertiary/aromatic N) is 1. The minimum atomic E-state index is -0.794. The lowest BCUT2D eigenvalue weighted by Gasteiger charge is -2.17. The van der Waals surface area contributed by atoms with Gasteiger partial charge in [-0.05, 0) is 6.42 Å². The third kappa shape index (κ3) is 1.91. The lowest BCUT2D eigenvalue weighted by Crippen LogP contribution is -2.32. The molecule has 1 rings (SSSR count). The SMILES string of the molecule is CC(C)C(=O)N1CC[C@H](F)C1. The summed E-state index contributed by atoms with van der Waals surface area (Å²) < 4.78 is 12.6. The van der Waals surface area contributed by atoms with E-state index in [1.807, 2.05) is 13.8 Å². The molecule has 0 saturated carbocycles. The average Bonchev–Trinajstić information content (AvgIpc) is 2.34.